The van der Waals surface area contributed by atoms with Gasteiger partial charge in [0.2, 0.25) is 0 Å². The minimum Gasteiger partial charge on any atom is -0.462 e. The topological polar surface area (TPSA) is 78.9 Å². The molecular formula is C63H116O6. The zero-order valence-corrected chi connectivity index (χ0v) is 46.3. The summed E-state index contributed by atoms with van der Waals surface area (Å²) in [5, 5.41) is 0. The number of carbonyl (C=O) groups is 3. The molecule has 0 spiro atoms. The molecule has 69 heavy (non-hydrogen) atoms. The van der Waals surface area contributed by atoms with Gasteiger partial charge in [-0.3, -0.25) is 14.4 Å². The van der Waals surface area contributed by atoms with Crippen LogP contribution in [0.4, 0.5) is 0 Å². The molecule has 1 unspecified atom stereocenters. The van der Waals surface area contributed by atoms with Crippen molar-refractivity contribution in [3.63, 3.8) is 0 Å². The van der Waals surface area contributed by atoms with E-state index in [-0.39, 0.29) is 31.1 Å². The molecular weight excluding hydrogens is 853 g/mol. The van der Waals surface area contributed by atoms with Gasteiger partial charge in [0.15, 0.2) is 6.10 Å². The second kappa shape index (κ2) is 58.2. The van der Waals surface area contributed by atoms with Gasteiger partial charge >= 0.3 is 17.9 Å². The summed E-state index contributed by atoms with van der Waals surface area (Å²) in [5.74, 6) is -0.870. The van der Waals surface area contributed by atoms with Gasteiger partial charge in [0, 0.05) is 19.3 Å². The van der Waals surface area contributed by atoms with Crippen LogP contribution in [0.15, 0.2) is 36.5 Å². The molecule has 0 rings (SSSR count). The highest BCUT2D eigenvalue weighted by Crippen LogP contribution is 2.17. The number of hydrogen-bond donors (Lipinski definition) is 0. The first-order valence-electron chi connectivity index (χ1n) is 30.5. The van der Waals surface area contributed by atoms with E-state index in [1.54, 1.807) is 0 Å². The van der Waals surface area contributed by atoms with Crippen LogP contribution in [-0.4, -0.2) is 37.2 Å². The van der Waals surface area contributed by atoms with Gasteiger partial charge in [-0.1, -0.05) is 269 Å². The Morgan fingerprint density at radius 2 is 0.522 bits per heavy atom. The van der Waals surface area contributed by atoms with Crippen LogP contribution < -0.4 is 0 Å². The standard InChI is InChI=1S/C63H116O6/c1-4-7-10-13-16-18-20-22-24-25-26-27-28-29-30-31-32-33-34-35-36-37-39-40-42-44-47-50-53-56-62(65)68-59-60(58-67-61(64)55-52-49-46-15-12-9-6-3)69-63(66)57-54-51-48-45-43-41-38-23-21-19-17-14-11-8-5-2/h20,22-23,25-26,38,60H,4-19,21,24,27-37,39-59H2,1-3H3/b22-20-,26-25-,38-23-. The molecule has 0 aliphatic carbocycles. The number of unbranched alkanes of at least 4 members (excludes halogenated alkanes) is 39. The lowest BCUT2D eigenvalue weighted by molar-refractivity contribution is -0.167. The lowest BCUT2D eigenvalue weighted by atomic mass is 10.0. The molecule has 0 aliphatic heterocycles. The largest absolute Gasteiger partial charge is 0.462 e. The predicted molar refractivity (Wildman–Crippen MR) is 298 cm³/mol. The fourth-order valence-corrected chi connectivity index (χ4v) is 9.00. The molecule has 0 aliphatic rings. The monoisotopic (exact) mass is 969 g/mol. The SMILES string of the molecule is CCCCCCC/C=C\C/C=C\CCCCCCCCCCCCCCCCCCCC(=O)OCC(COC(=O)CCCCCCCCC)OC(=O)CCCCCCC/C=C\CCCCCCCC. The summed E-state index contributed by atoms with van der Waals surface area (Å²) in [4.78, 5) is 37.9. The molecule has 0 saturated carbocycles. The van der Waals surface area contributed by atoms with Crippen molar-refractivity contribution in [1.82, 2.24) is 0 Å². The summed E-state index contributed by atoms with van der Waals surface area (Å²) in [6.07, 6.45) is 70.4. The Morgan fingerprint density at radius 1 is 0.290 bits per heavy atom. The van der Waals surface area contributed by atoms with Crippen LogP contribution in [0, 0.1) is 0 Å². The fraction of sp³-hybridized carbons (Fsp3) is 0.857. The third-order valence-electron chi connectivity index (χ3n) is 13.6. The third kappa shape index (κ3) is 56.4. The Labute approximate surface area is 429 Å². The lowest BCUT2D eigenvalue weighted by Gasteiger charge is -2.18. The summed E-state index contributed by atoms with van der Waals surface area (Å²) in [6.45, 7) is 6.61. The number of rotatable bonds is 56. The minimum atomic E-state index is -0.770. The maximum absolute atomic E-state index is 12.8. The van der Waals surface area contributed by atoms with Crippen LogP contribution in [0.5, 0.6) is 0 Å². The van der Waals surface area contributed by atoms with Crippen molar-refractivity contribution in [3.05, 3.63) is 36.5 Å². The van der Waals surface area contributed by atoms with Crippen LogP contribution in [0.25, 0.3) is 0 Å². The van der Waals surface area contributed by atoms with E-state index in [2.05, 4.69) is 57.2 Å². The normalized spacial score (nSPS) is 12.2. The van der Waals surface area contributed by atoms with Gasteiger partial charge in [0.05, 0.1) is 0 Å². The zero-order chi connectivity index (χ0) is 50.0. The van der Waals surface area contributed by atoms with Crippen molar-refractivity contribution in [2.24, 2.45) is 0 Å². The van der Waals surface area contributed by atoms with Gasteiger partial charge in [0.1, 0.15) is 13.2 Å². The third-order valence-corrected chi connectivity index (χ3v) is 13.6. The summed E-state index contributed by atoms with van der Waals surface area (Å²) >= 11 is 0. The maximum atomic E-state index is 12.8. The Morgan fingerprint density at radius 3 is 0.812 bits per heavy atom. The van der Waals surface area contributed by atoms with Crippen molar-refractivity contribution in [3.8, 4) is 0 Å². The number of carbonyl (C=O) groups excluding carboxylic acids is 3. The van der Waals surface area contributed by atoms with Crippen LogP contribution in [-0.2, 0) is 28.6 Å². The van der Waals surface area contributed by atoms with Crippen molar-refractivity contribution < 1.29 is 28.6 Å². The van der Waals surface area contributed by atoms with E-state index >= 15 is 0 Å². The van der Waals surface area contributed by atoms with E-state index in [1.807, 2.05) is 0 Å². The van der Waals surface area contributed by atoms with Crippen molar-refractivity contribution in [1.29, 1.82) is 0 Å². The van der Waals surface area contributed by atoms with E-state index in [1.165, 1.54) is 218 Å². The van der Waals surface area contributed by atoms with E-state index in [0.717, 1.165) is 70.6 Å². The van der Waals surface area contributed by atoms with Gasteiger partial charge in [-0.25, -0.2) is 0 Å². The molecule has 6 nitrogen and oxygen atoms in total. The van der Waals surface area contributed by atoms with Gasteiger partial charge in [-0.05, 0) is 77.0 Å². The highest BCUT2D eigenvalue weighted by Gasteiger charge is 2.19. The molecule has 6 heteroatoms. The quantitative estimate of drug-likeness (QED) is 0.0261. The minimum absolute atomic E-state index is 0.0715. The van der Waals surface area contributed by atoms with Crippen molar-refractivity contribution >= 4 is 17.9 Å². The highest BCUT2D eigenvalue weighted by atomic mass is 16.6. The molecule has 0 radical (unpaired) electrons. The molecule has 1 atom stereocenters. The van der Waals surface area contributed by atoms with Crippen LogP contribution >= 0.6 is 0 Å². The Kier molecular flexibility index (Phi) is 56.2. The van der Waals surface area contributed by atoms with E-state index in [4.69, 9.17) is 14.2 Å². The van der Waals surface area contributed by atoms with Gasteiger partial charge < -0.3 is 14.2 Å². The van der Waals surface area contributed by atoms with Gasteiger partial charge in [0.25, 0.3) is 0 Å². The molecule has 404 valence electrons. The molecule has 0 N–H and O–H groups in total. The Hall–Kier alpha value is -2.37. The second-order valence-corrected chi connectivity index (χ2v) is 20.6. The van der Waals surface area contributed by atoms with Crippen molar-refractivity contribution in [2.45, 2.75) is 335 Å². The number of ether oxygens (including phenoxy) is 3. The molecule has 0 heterocycles. The first-order chi connectivity index (χ1) is 34.0. The van der Waals surface area contributed by atoms with Crippen molar-refractivity contribution in [2.75, 3.05) is 13.2 Å². The predicted octanol–water partition coefficient (Wildman–Crippen LogP) is 20.4. The molecule has 0 amide bonds. The fourth-order valence-electron chi connectivity index (χ4n) is 9.00. The average molecular weight is 970 g/mol. The highest BCUT2D eigenvalue weighted by molar-refractivity contribution is 5.71. The lowest BCUT2D eigenvalue weighted by Crippen LogP contribution is -2.30. The molecule has 0 fully saturated rings. The van der Waals surface area contributed by atoms with Crippen LogP contribution in [0.2, 0.25) is 0 Å². The molecule has 0 aromatic carbocycles. The van der Waals surface area contributed by atoms with Crippen LogP contribution in [0.3, 0.4) is 0 Å². The first kappa shape index (κ1) is 66.6. The second-order valence-electron chi connectivity index (χ2n) is 20.6. The molecule has 0 bridgehead atoms. The number of hydrogen-bond acceptors (Lipinski definition) is 6. The Balaban J connectivity index is 4.03. The summed E-state index contributed by atoms with van der Waals surface area (Å²) in [7, 11) is 0. The number of esters is 3. The molecule has 0 aromatic rings. The first-order valence-corrected chi connectivity index (χ1v) is 30.5. The smallest absolute Gasteiger partial charge is 0.306 e. The molecule has 0 saturated heterocycles. The van der Waals surface area contributed by atoms with E-state index < -0.39 is 6.10 Å². The van der Waals surface area contributed by atoms with E-state index in [9.17, 15) is 14.4 Å². The summed E-state index contributed by atoms with van der Waals surface area (Å²) < 4.78 is 16.8. The van der Waals surface area contributed by atoms with Gasteiger partial charge in [-0.15, -0.1) is 0 Å². The zero-order valence-electron chi connectivity index (χ0n) is 46.3. The van der Waals surface area contributed by atoms with E-state index in [0.29, 0.717) is 19.3 Å². The maximum Gasteiger partial charge on any atom is 0.306 e. The Bertz CT molecular complexity index is 1160. The van der Waals surface area contributed by atoms with Gasteiger partial charge in [-0.2, -0.15) is 0 Å². The van der Waals surface area contributed by atoms with Crippen LogP contribution in [0.1, 0.15) is 329 Å². The number of allylic oxidation sites excluding steroid dienone is 6. The molecule has 0 aromatic heterocycles. The summed E-state index contributed by atoms with van der Waals surface area (Å²) in [6, 6.07) is 0. The summed E-state index contributed by atoms with van der Waals surface area (Å²) in [5.41, 5.74) is 0. The average Bonchev–Trinajstić information content (AvgIpc) is 3.35.